The third-order valence-electron chi connectivity index (χ3n) is 6.39. The Morgan fingerprint density at radius 2 is 0.900 bits per heavy atom. The van der Waals surface area contributed by atoms with Crippen molar-refractivity contribution in [2.75, 3.05) is 10.6 Å². The Morgan fingerprint density at radius 1 is 0.500 bits per heavy atom. The monoisotopic (exact) mass is 428 g/mol. The van der Waals surface area contributed by atoms with Gasteiger partial charge in [0.15, 0.2) is 0 Å². The van der Waals surface area contributed by atoms with Gasteiger partial charge >= 0.3 is 0 Å². The van der Waals surface area contributed by atoms with Crippen molar-refractivity contribution in [3.8, 4) is 0 Å². The van der Waals surface area contributed by atoms with E-state index in [0.717, 1.165) is 22.5 Å². The van der Waals surface area contributed by atoms with Crippen LogP contribution in [0, 0.1) is 0 Å². The molecule has 0 spiro atoms. The molecule has 0 amide bonds. The van der Waals surface area contributed by atoms with Crippen LogP contribution in [0.3, 0.4) is 0 Å². The Kier molecular flexibility index (Phi) is 3.74. The van der Waals surface area contributed by atoms with Crippen molar-refractivity contribution in [2.24, 2.45) is 0 Å². The molecule has 6 rings (SSSR count). The smallest absolute Gasteiger partial charge is 0.122 e. The van der Waals surface area contributed by atoms with E-state index in [-0.39, 0.29) is 0 Å². The van der Waals surface area contributed by atoms with Crippen LogP contribution >= 0.6 is 23.2 Å². The molecule has 2 atom stereocenters. The molecule has 2 N–H and O–H groups in total. The van der Waals surface area contributed by atoms with E-state index in [9.17, 15) is 0 Å². The maximum absolute atomic E-state index is 6.41. The van der Waals surface area contributed by atoms with Crippen LogP contribution in [-0.4, -0.2) is 0 Å². The second kappa shape index (κ2) is 6.28. The average molecular weight is 429 g/mol. The molecule has 0 unspecified atom stereocenters. The Bertz CT molecular complexity index is 1170. The number of rotatable bonds is 2. The molecule has 0 radical (unpaired) electrons. The Morgan fingerprint density at radius 3 is 1.30 bits per heavy atom. The average Bonchev–Trinajstić information content (AvgIpc) is 3.21. The summed E-state index contributed by atoms with van der Waals surface area (Å²) in [4.78, 5) is 0. The van der Waals surface area contributed by atoms with Crippen LogP contribution in [0.5, 0.6) is 0 Å². The predicted molar refractivity (Wildman–Crippen MR) is 125 cm³/mol. The molecule has 0 aromatic heterocycles. The Hall–Kier alpha value is -2.94. The van der Waals surface area contributed by atoms with Crippen molar-refractivity contribution >= 4 is 34.6 Å². The number of anilines is 2. The van der Waals surface area contributed by atoms with Gasteiger partial charge in [-0.3, -0.25) is 0 Å². The van der Waals surface area contributed by atoms with Crippen LogP contribution in [0.15, 0.2) is 97.1 Å². The zero-order valence-electron chi connectivity index (χ0n) is 16.0. The molecule has 146 valence electrons. The quantitative estimate of drug-likeness (QED) is 0.357. The highest BCUT2D eigenvalue weighted by Gasteiger charge is 2.65. The molecular weight excluding hydrogens is 411 g/mol. The van der Waals surface area contributed by atoms with E-state index in [1.165, 1.54) is 11.1 Å². The summed E-state index contributed by atoms with van der Waals surface area (Å²) >= 11 is 12.8. The van der Waals surface area contributed by atoms with Crippen molar-refractivity contribution < 1.29 is 0 Å². The third-order valence-corrected chi connectivity index (χ3v) is 6.86. The number of halogens is 2. The molecular formula is C26H18Cl2N2. The van der Waals surface area contributed by atoms with E-state index in [1.807, 2.05) is 24.3 Å². The lowest BCUT2D eigenvalue weighted by atomic mass is 9.66. The van der Waals surface area contributed by atoms with E-state index in [0.29, 0.717) is 10.0 Å². The molecule has 4 heteroatoms. The van der Waals surface area contributed by atoms with Gasteiger partial charge in [0.1, 0.15) is 11.1 Å². The topological polar surface area (TPSA) is 24.1 Å². The molecule has 30 heavy (non-hydrogen) atoms. The first-order valence-corrected chi connectivity index (χ1v) is 10.7. The van der Waals surface area contributed by atoms with Gasteiger partial charge in [-0.05, 0) is 35.4 Å². The first kappa shape index (κ1) is 17.9. The number of benzene rings is 4. The van der Waals surface area contributed by atoms with E-state index in [1.54, 1.807) is 0 Å². The third kappa shape index (κ3) is 2.15. The number of nitrogens with one attached hydrogen (secondary N) is 2. The lowest BCUT2D eigenvalue weighted by molar-refractivity contribution is 0.439. The van der Waals surface area contributed by atoms with Gasteiger partial charge in [0, 0.05) is 32.5 Å². The SMILES string of the molecule is Clc1ccc2c(c1)N[C@@]1(c3ccccc3)c3ccc(Cl)cc3N[C@]21c1ccccc1. The van der Waals surface area contributed by atoms with Gasteiger partial charge in [-0.2, -0.15) is 0 Å². The Balaban J connectivity index is 1.78. The standard InChI is InChI=1S/C26H18Cl2N2/c27-19-11-13-21-23(15-19)30-26(18-9-5-2-6-10-18)22-14-12-20(28)16-24(22)29-25(21,26)17-7-3-1-4-8-17/h1-16,29-30H/t25-,26+. The van der Waals surface area contributed by atoms with Crippen LogP contribution < -0.4 is 10.6 Å². The van der Waals surface area contributed by atoms with Gasteiger partial charge in [0.25, 0.3) is 0 Å². The molecule has 0 bridgehead atoms. The molecule has 2 heterocycles. The van der Waals surface area contributed by atoms with Crippen LogP contribution in [0.25, 0.3) is 0 Å². The zero-order valence-corrected chi connectivity index (χ0v) is 17.5. The maximum atomic E-state index is 6.41. The maximum Gasteiger partial charge on any atom is 0.122 e. The molecule has 2 aliphatic rings. The summed E-state index contributed by atoms with van der Waals surface area (Å²) in [5.41, 5.74) is 5.63. The molecule has 0 aliphatic carbocycles. The van der Waals surface area contributed by atoms with Gasteiger partial charge in [0.2, 0.25) is 0 Å². The second-order valence-corrected chi connectivity index (χ2v) is 8.73. The molecule has 0 fully saturated rings. The number of hydrogen-bond donors (Lipinski definition) is 2. The van der Waals surface area contributed by atoms with Gasteiger partial charge in [-0.15, -0.1) is 0 Å². The summed E-state index contributed by atoms with van der Waals surface area (Å²) < 4.78 is 0. The Labute approximate surface area is 185 Å². The fourth-order valence-corrected chi connectivity index (χ4v) is 5.63. The summed E-state index contributed by atoms with van der Waals surface area (Å²) in [6.07, 6.45) is 0. The first-order valence-electron chi connectivity index (χ1n) is 9.93. The van der Waals surface area contributed by atoms with Gasteiger partial charge in [0.05, 0.1) is 0 Å². The normalized spacial score (nSPS) is 23.1. The fraction of sp³-hybridized carbons (Fsp3) is 0.0769. The number of fused-ring (bicyclic) bond motifs is 5. The highest BCUT2D eigenvalue weighted by Crippen LogP contribution is 2.64. The molecule has 0 saturated heterocycles. The lowest BCUT2D eigenvalue weighted by Crippen LogP contribution is -2.51. The van der Waals surface area contributed by atoms with E-state index in [4.69, 9.17) is 23.2 Å². The summed E-state index contributed by atoms with van der Waals surface area (Å²) in [5.74, 6) is 0. The second-order valence-electron chi connectivity index (χ2n) is 7.86. The van der Waals surface area contributed by atoms with Gasteiger partial charge in [-0.1, -0.05) is 96.0 Å². The van der Waals surface area contributed by atoms with Gasteiger partial charge < -0.3 is 10.6 Å². The lowest BCUT2D eigenvalue weighted by Gasteiger charge is -2.42. The highest BCUT2D eigenvalue weighted by atomic mass is 35.5. The van der Waals surface area contributed by atoms with Crippen molar-refractivity contribution in [3.63, 3.8) is 0 Å². The molecule has 2 aliphatic heterocycles. The van der Waals surface area contributed by atoms with Crippen molar-refractivity contribution in [2.45, 2.75) is 11.1 Å². The summed E-state index contributed by atoms with van der Waals surface area (Å²) in [6, 6.07) is 33.4. The van der Waals surface area contributed by atoms with Crippen LogP contribution in [0.1, 0.15) is 22.3 Å². The molecule has 4 aromatic rings. The summed E-state index contributed by atoms with van der Waals surface area (Å²) in [7, 11) is 0. The van der Waals surface area contributed by atoms with Crippen molar-refractivity contribution in [1.82, 2.24) is 0 Å². The van der Waals surface area contributed by atoms with Crippen molar-refractivity contribution in [3.05, 3.63) is 129 Å². The van der Waals surface area contributed by atoms with E-state index < -0.39 is 11.1 Å². The highest BCUT2D eigenvalue weighted by molar-refractivity contribution is 6.31. The summed E-state index contributed by atoms with van der Waals surface area (Å²) in [6.45, 7) is 0. The number of hydrogen-bond acceptors (Lipinski definition) is 2. The van der Waals surface area contributed by atoms with Crippen LogP contribution in [0.2, 0.25) is 10.0 Å². The fourth-order valence-electron chi connectivity index (χ4n) is 5.29. The van der Waals surface area contributed by atoms with E-state index >= 15 is 0 Å². The molecule has 0 saturated carbocycles. The largest absolute Gasteiger partial charge is 0.369 e. The minimum atomic E-state index is -0.553. The van der Waals surface area contributed by atoms with Gasteiger partial charge in [-0.25, -0.2) is 0 Å². The summed E-state index contributed by atoms with van der Waals surface area (Å²) in [5, 5.41) is 9.21. The zero-order chi connectivity index (χ0) is 20.3. The van der Waals surface area contributed by atoms with E-state index in [2.05, 4.69) is 83.4 Å². The van der Waals surface area contributed by atoms with Crippen LogP contribution in [-0.2, 0) is 11.1 Å². The van der Waals surface area contributed by atoms with Crippen molar-refractivity contribution in [1.29, 1.82) is 0 Å². The molecule has 4 aromatic carbocycles. The molecule has 2 nitrogen and oxygen atoms in total. The minimum absolute atomic E-state index is 0.553. The minimum Gasteiger partial charge on any atom is -0.369 e. The van der Waals surface area contributed by atoms with Crippen LogP contribution in [0.4, 0.5) is 11.4 Å². The first-order chi connectivity index (χ1) is 14.6. The predicted octanol–water partition coefficient (Wildman–Crippen LogP) is 7.03.